The third-order valence-electron chi connectivity index (χ3n) is 6.43. The molecule has 14 heteroatoms. The van der Waals surface area contributed by atoms with Crippen LogP contribution in [0.5, 0.6) is 0 Å². The second kappa shape index (κ2) is 10.6. The summed E-state index contributed by atoms with van der Waals surface area (Å²) >= 11 is 0. The maximum absolute atomic E-state index is 11.6. The van der Waals surface area contributed by atoms with Crippen molar-refractivity contribution in [2.75, 3.05) is 24.7 Å². The van der Waals surface area contributed by atoms with Crippen LogP contribution in [0.25, 0.3) is 0 Å². The Kier molecular flexibility index (Phi) is 8.01. The number of nitrogen functional groups attached to an aromatic ring is 2. The fraction of sp³-hybridized carbons (Fsp3) is 0.600. The fourth-order valence-electron chi connectivity index (χ4n) is 4.47. The summed E-state index contributed by atoms with van der Waals surface area (Å²) in [6.07, 6.45) is -0.723. The Labute approximate surface area is 193 Å². The van der Waals surface area contributed by atoms with Gasteiger partial charge < -0.3 is 42.1 Å². The van der Waals surface area contributed by atoms with Crippen LogP contribution in [-0.2, 0) is 0 Å². The molecule has 2 aliphatic rings. The highest BCUT2D eigenvalue weighted by Crippen LogP contribution is 2.35. The molecule has 2 saturated carbocycles. The summed E-state index contributed by atoms with van der Waals surface area (Å²) in [5.41, 5.74) is 9.59. The quantitative estimate of drug-likeness (QED) is 0.209. The van der Waals surface area contributed by atoms with E-state index in [1.807, 2.05) is 0 Å². The molecule has 2 aromatic heterocycles. The summed E-state index contributed by atoms with van der Waals surface area (Å²) in [4.78, 5) is 30.3. The molecule has 2 unspecified atom stereocenters. The molecule has 2 aliphatic carbocycles. The van der Waals surface area contributed by atoms with Gasteiger partial charge in [0.2, 0.25) is 0 Å². The minimum atomic E-state index is -1.09. The SMILES string of the molecule is Nc1ccn([C@@H]2C[C@H](CO)C(O)[C@@H]2O)c(=O)n1.Nc1ccn([C@H]2C[C@@H](CO)C(O)[C@H]2O)c(=O)n1. The van der Waals surface area contributed by atoms with Crippen LogP contribution in [0.1, 0.15) is 24.9 Å². The van der Waals surface area contributed by atoms with E-state index in [-0.39, 0.29) is 24.8 Å². The first-order valence-corrected chi connectivity index (χ1v) is 10.7. The van der Waals surface area contributed by atoms with Gasteiger partial charge in [0.15, 0.2) is 0 Å². The summed E-state index contributed by atoms with van der Waals surface area (Å²) in [5.74, 6) is -0.644. The summed E-state index contributed by atoms with van der Waals surface area (Å²) < 4.78 is 2.47. The zero-order valence-corrected chi connectivity index (χ0v) is 18.2. The summed E-state index contributed by atoms with van der Waals surface area (Å²) in [7, 11) is 0. The lowest BCUT2D eigenvalue weighted by atomic mass is 10.1. The Balaban J connectivity index is 0.000000191. The molecule has 14 nitrogen and oxygen atoms in total. The molecule has 2 aromatic rings. The Hall–Kier alpha value is -2.88. The second-order valence-electron chi connectivity index (χ2n) is 8.54. The van der Waals surface area contributed by atoms with Crippen LogP contribution in [0, 0.1) is 11.8 Å². The molecule has 8 atom stereocenters. The highest BCUT2D eigenvalue weighted by Gasteiger charge is 2.43. The van der Waals surface area contributed by atoms with Crippen molar-refractivity contribution >= 4 is 11.6 Å². The van der Waals surface area contributed by atoms with Gasteiger partial charge in [-0.15, -0.1) is 0 Å². The third-order valence-corrected chi connectivity index (χ3v) is 6.43. The molecular weight excluding hydrogens is 452 g/mol. The summed E-state index contributed by atoms with van der Waals surface area (Å²) in [6, 6.07) is 1.74. The molecule has 0 spiro atoms. The van der Waals surface area contributed by atoms with Crippen molar-refractivity contribution in [3.63, 3.8) is 0 Å². The van der Waals surface area contributed by atoms with Gasteiger partial charge >= 0.3 is 11.4 Å². The number of hydrogen-bond acceptors (Lipinski definition) is 12. The van der Waals surface area contributed by atoms with Crippen molar-refractivity contribution in [3.8, 4) is 0 Å². The zero-order chi connectivity index (χ0) is 25.2. The molecule has 2 fully saturated rings. The molecule has 0 bridgehead atoms. The van der Waals surface area contributed by atoms with Crippen LogP contribution < -0.4 is 22.8 Å². The molecule has 0 aromatic carbocycles. The van der Waals surface area contributed by atoms with E-state index >= 15 is 0 Å². The lowest BCUT2D eigenvalue weighted by molar-refractivity contribution is -0.00455. The van der Waals surface area contributed by atoms with Crippen LogP contribution in [0.15, 0.2) is 34.1 Å². The molecule has 0 radical (unpaired) electrons. The van der Waals surface area contributed by atoms with Gasteiger partial charge in [-0.25, -0.2) is 9.59 Å². The van der Waals surface area contributed by atoms with Gasteiger partial charge in [-0.1, -0.05) is 0 Å². The average Bonchev–Trinajstić information content (AvgIpc) is 3.24. The molecule has 10 N–H and O–H groups in total. The summed E-state index contributed by atoms with van der Waals surface area (Å²) in [6.45, 7) is -0.461. The number of aliphatic hydroxyl groups excluding tert-OH is 6. The van der Waals surface area contributed by atoms with E-state index in [1.54, 1.807) is 0 Å². The Bertz CT molecular complexity index is 1010. The van der Waals surface area contributed by atoms with Gasteiger partial charge in [-0.2, -0.15) is 9.97 Å². The van der Waals surface area contributed by atoms with E-state index in [9.17, 15) is 30.0 Å². The van der Waals surface area contributed by atoms with E-state index in [1.165, 1.54) is 33.7 Å². The highest BCUT2D eigenvalue weighted by atomic mass is 16.3. The van der Waals surface area contributed by atoms with Crippen molar-refractivity contribution in [2.24, 2.45) is 11.8 Å². The predicted octanol–water partition coefficient (Wildman–Crippen LogP) is -3.80. The minimum Gasteiger partial charge on any atom is -0.396 e. The largest absolute Gasteiger partial charge is 0.396 e. The molecule has 2 heterocycles. The van der Waals surface area contributed by atoms with Crippen LogP contribution in [0.4, 0.5) is 11.6 Å². The standard InChI is InChI=1S/2C10H15N3O4/c2*11-7-1-2-13(10(17)12-7)6-3-5(4-14)8(15)9(6)16/h2*1-2,5-6,8-9,14-16H,3-4H2,(H2,11,12,17)/t2*5-,6-,8?,9-/m10/s1. The first-order valence-electron chi connectivity index (χ1n) is 10.7. The van der Waals surface area contributed by atoms with Crippen molar-refractivity contribution in [1.82, 2.24) is 19.1 Å². The Morgan fingerprint density at radius 2 is 1.09 bits per heavy atom. The Morgan fingerprint density at radius 3 is 1.35 bits per heavy atom. The third kappa shape index (κ3) is 5.11. The van der Waals surface area contributed by atoms with E-state index in [0.29, 0.717) is 12.8 Å². The smallest absolute Gasteiger partial charge is 0.349 e. The lowest BCUT2D eigenvalue weighted by Crippen LogP contribution is -2.35. The van der Waals surface area contributed by atoms with Crippen molar-refractivity contribution in [2.45, 2.75) is 49.3 Å². The number of aromatic nitrogens is 4. The minimum absolute atomic E-state index is 0.109. The van der Waals surface area contributed by atoms with Crippen LogP contribution in [0.3, 0.4) is 0 Å². The summed E-state index contributed by atoms with van der Waals surface area (Å²) in [5, 5.41) is 57.1. The molecule has 4 rings (SSSR count). The molecular formula is C20H30N6O8. The molecule has 0 aliphatic heterocycles. The maximum atomic E-state index is 11.6. The molecule has 188 valence electrons. The van der Waals surface area contributed by atoms with Crippen LogP contribution >= 0.6 is 0 Å². The first-order chi connectivity index (χ1) is 16.1. The maximum Gasteiger partial charge on any atom is 0.349 e. The van der Waals surface area contributed by atoms with Crippen LogP contribution in [0.2, 0.25) is 0 Å². The second-order valence-corrected chi connectivity index (χ2v) is 8.54. The molecule has 0 amide bonds. The number of rotatable bonds is 4. The van der Waals surface area contributed by atoms with E-state index in [2.05, 4.69) is 9.97 Å². The fourth-order valence-corrected chi connectivity index (χ4v) is 4.47. The number of nitrogens with zero attached hydrogens (tertiary/aromatic N) is 4. The average molecular weight is 482 g/mol. The van der Waals surface area contributed by atoms with Crippen molar-refractivity contribution in [3.05, 3.63) is 45.5 Å². The highest BCUT2D eigenvalue weighted by molar-refractivity contribution is 5.24. The first kappa shape index (κ1) is 25.7. The number of aliphatic hydroxyl groups is 6. The van der Waals surface area contributed by atoms with Gasteiger partial charge in [0.25, 0.3) is 0 Å². The van der Waals surface area contributed by atoms with Gasteiger partial charge in [-0.3, -0.25) is 9.13 Å². The van der Waals surface area contributed by atoms with E-state index in [4.69, 9.17) is 21.7 Å². The lowest BCUT2D eigenvalue weighted by Gasteiger charge is -2.18. The predicted molar refractivity (Wildman–Crippen MR) is 118 cm³/mol. The van der Waals surface area contributed by atoms with Gasteiger partial charge in [0.05, 0.1) is 24.3 Å². The van der Waals surface area contributed by atoms with E-state index in [0.717, 1.165) is 0 Å². The van der Waals surface area contributed by atoms with Gasteiger partial charge in [0, 0.05) is 37.4 Å². The van der Waals surface area contributed by atoms with Crippen LogP contribution in [-0.4, -0.2) is 87.4 Å². The topological polar surface area (TPSA) is 243 Å². The number of hydrogen-bond donors (Lipinski definition) is 8. The van der Waals surface area contributed by atoms with Crippen molar-refractivity contribution < 1.29 is 30.6 Å². The molecule has 0 saturated heterocycles. The Morgan fingerprint density at radius 1 is 0.735 bits per heavy atom. The number of nitrogens with two attached hydrogens (primary N) is 2. The normalized spacial score (nSPS) is 32.9. The van der Waals surface area contributed by atoms with Crippen molar-refractivity contribution in [1.29, 1.82) is 0 Å². The van der Waals surface area contributed by atoms with Gasteiger partial charge in [0.1, 0.15) is 23.8 Å². The molecule has 34 heavy (non-hydrogen) atoms. The van der Waals surface area contributed by atoms with E-state index < -0.39 is 59.7 Å². The monoisotopic (exact) mass is 482 g/mol. The zero-order valence-electron chi connectivity index (χ0n) is 18.2. The number of anilines is 2. The van der Waals surface area contributed by atoms with Gasteiger partial charge in [-0.05, 0) is 25.0 Å².